The second-order valence-corrected chi connectivity index (χ2v) is 6.04. The molecule has 0 aliphatic heterocycles. The van der Waals surface area contributed by atoms with Crippen molar-refractivity contribution >= 4 is 23.4 Å². The van der Waals surface area contributed by atoms with Gasteiger partial charge in [0, 0.05) is 17.6 Å². The van der Waals surface area contributed by atoms with E-state index in [1.165, 1.54) is 4.57 Å². The molecular weight excluding hydrogens is 368 g/mol. The van der Waals surface area contributed by atoms with Gasteiger partial charge in [-0.25, -0.2) is 8.78 Å². The topological polar surface area (TPSA) is 43.6 Å². The summed E-state index contributed by atoms with van der Waals surface area (Å²) < 4.78 is 55.2. The fourth-order valence-electron chi connectivity index (χ4n) is 1.90. The Morgan fingerprint density at radius 2 is 1.54 bits per heavy atom. The fourth-order valence-corrected chi connectivity index (χ4v) is 2.86. The van der Waals surface area contributed by atoms with Gasteiger partial charge in [-0.2, -0.15) is 13.8 Å². The van der Waals surface area contributed by atoms with E-state index in [9.17, 15) is 17.6 Å². The summed E-state index contributed by atoms with van der Waals surface area (Å²) in [7, 11) is 1.55. The molecule has 0 aliphatic carbocycles. The first kappa shape index (κ1) is 16.7. The van der Waals surface area contributed by atoms with Crippen molar-refractivity contribution in [2.45, 2.75) is 10.1 Å². The van der Waals surface area contributed by atoms with Gasteiger partial charge < -0.3 is 4.57 Å². The minimum absolute atomic E-state index is 0.0442. The Bertz CT molecular complexity index is 888. The van der Waals surface area contributed by atoms with Crippen LogP contribution >= 0.6 is 23.4 Å². The first-order valence-electron chi connectivity index (χ1n) is 6.41. The van der Waals surface area contributed by atoms with Crippen molar-refractivity contribution in [2.24, 2.45) is 7.05 Å². The van der Waals surface area contributed by atoms with Crippen LogP contribution in [-0.4, -0.2) is 19.7 Å². The van der Waals surface area contributed by atoms with Crippen molar-refractivity contribution in [1.82, 2.24) is 19.7 Å². The van der Waals surface area contributed by atoms with E-state index in [2.05, 4.69) is 15.2 Å². The molecule has 4 nitrogen and oxygen atoms in total. The number of pyridine rings is 1. The summed E-state index contributed by atoms with van der Waals surface area (Å²) in [5.41, 5.74) is 0.661. The molecule has 1 aromatic carbocycles. The molecule has 0 N–H and O–H groups in total. The molecule has 0 saturated heterocycles. The van der Waals surface area contributed by atoms with Gasteiger partial charge in [-0.05, 0) is 36.0 Å². The molecule has 0 unspecified atom stereocenters. The Morgan fingerprint density at radius 3 is 2.12 bits per heavy atom. The number of benzene rings is 1. The van der Waals surface area contributed by atoms with Crippen molar-refractivity contribution in [3.63, 3.8) is 0 Å². The van der Waals surface area contributed by atoms with Crippen LogP contribution < -0.4 is 0 Å². The van der Waals surface area contributed by atoms with Crippen LogP contribution in [0.3, 0.4) is 0 Å². The molecule has 3 rings (SSSR count). The maximum atomic E-state index is 13.7. The molecule has 0 amide bonds. The molecule has 0 atom stereocenters. The summed E-state index contributed by atoms with van der Waals surface area (Å²) >= 11 is 6.22. The molecule has 3 aromatic rings. The van der Waals surface area contributed by atoms with Crippen molar-refractivity contribution in [2.75, 3.05) is 0 Å². The second kappa shape index (κ2) is 6.40. The molecule has 2 aromatic heterocycles. The summed E-state index contributed by atoms with van der Waals surface area (Å²) in [6.07, 6.45) is 0. The van der Waals surface area contributed by atoms with Gasteiger partial charge in [-0.3, -0.25) is 0 Å². The van der Waals surface area contributed by atoms with E-state index in [0.29, 0.717) is 28.2 Å². The van der Waals surface area contributed by atoms with Gasteiger partial charge in [0.05, 0.1) is 4.90 Å². The number of halogens is 5. The summed E-state index contributed by atoms with van der Waals surface area (Å²) in [5, 5.41) is 8.29. The highest BCUT2D eigenvalue weighted by atomic mass is 35.5. The zero-order valence-electron chi connectivity index (χ0n) is 11.9. The van der Waals surface area contributed by atoms with Gasteiger partial charge >= 0.3 is 0 Å². The van der Waals surface area contributed by atoms with Crippen LogP contribution in [0, 0.1) is 23.5 Å². The van der Waals surface area contributed by atoms with Gasteiger partial charge in [0.25, 0.3) is 11.9 Å². The van der Waals surface area contributed by atoms with Crippen molar-refractivity contribution in [1.29, 1.82) is 0 Å². The predicted octanol–water partition coefficient (Wildman–Crippen LogP) is 4.24. The third kappa shape index (κ3) is 2.96. The van der Waals surface area contributed by atoms with Crippen molar-refractivity contribution in [3.8, 4) is 11.4 Å². The normalized spacial score (nSPS) is 11.1. The van der Waals surface area contributed by atoms with Crippen molar-refractivity contribution < 1.29 is 17.6 Å². The zero-order chi connectivity index (χ0) is 17.4. The largest absolute Gasteiger partial charge is 0.305 e. The highest BCUT2D eigenvalue weighted by Gasteiger charge is 2.24. The molecule has 0 aliphatic rings. The lowest BCUT2D eigenvalue weighted by Crippen LogP contribution is -2.03. The lowest BCUT2D eigenvalue weighted by atomic mass is 10.2. The van der Waals surface area contributed by atoms with E-state index in [1.807, 2.05) is 0 Å². The van der Waals surface area contributed by atoms with E-state index in [4.69, 9.17) is 11.6 Å². The molecule has 0 bridgehead atoms. The molecule has 0 saturated carbocycles. The SMILES string of the molecule is Cn1c(Sc2c(F)c(F)nc(F)c2F)nnc1-c1ccc(Cl)cc1. The maximum Gasteiger partial charge on any atom is 0.252 e. The maximum absolute atomic E-state index is 13.7. The number of rotatable bonds is 3. The molecule has 0 fully saturated rings. The van der Waals surface area contributed by atoms with E-state index < -0.39 is 28.4 Å². The highest BCUT2D eigenvalue weighted by molar-refractivity contribution is 7.99. The Labute approximate surface area is 142 Å². The van der Waals surface area contributed by atoms with Crippen molar-refractivity contribution in [3.05, 3.63) is 52.8 Å². The van der Waals surface area contributed by atoms with Gasteiger partial charge in [0.15, 0.2) is 22.6 Å². The third-order valence-corrected chi connectivity index (χ3v) is 4.44. The molecule has 0 radical (unpaired) electrons. The number of aromatic nitrogens is 4. The van der Waals surface area contributed by atoms with Gasteiger partial charge in [0.2, 0.25) is 0 Å². The zero-order valence-corrected chi connectivity index (χ0v) is 13.5. The van der Waals surface area contributed by atoms with Crippen LogP contribution in [0.1, 0.15) is 0 Å². The van der Waals surface area contributed by atoms with Gasteiger partial charge in [-0.15, -0.1) is 10.2 Å². The summed E-state index contributed by atoms with van der Waals surface area (Å²) in [6, 6.07) is 6.66. The predicted molar refractivity (Wildman–Crippen MR) is 79.6 cm³/mol. The third-order valence-electron chi connectivity index (χ3n) is 3.09. The minimum Gasteiger partial charge on any atom is -0.305 e. The van der Waals surface area contributed by atoms with Crippen LogP contribution in [0.4, 0.5) is 17.6 Å². The lowest BCUT2D eigenvalue weighted by molar-refractivity contribution is 0.383. The van der Waals surface area contributed by atoms with Gasteiger partial charge in [-0.1, -0.05) is 11.6 Å². The molecular formula is C14H7ClF4N4S. The monoisotopic (exact) mass is 374 g/mol. The fraction of sp³-hybridized carbons (Fsp3) is 0.0714. The van der Waals surface area contributed by atoms with Crippen LogP contribution in [0.5, 0.6) is 0 Å². The van der Waals surface area contributed by atoms with Crippen LogP contribution in [0.15, 0.2) is 34.3 Å². The van der Waals surface area contributed by atoms with E-state index in [1.54, 1.807) is 31.3 Å². The molecule has 2 heterocycles. The van der Waals surface area contributed by atoms with E-state index in [-0.39, 0.29) is 5.16 Å². The number of hydrogen-bond acceptors (Lipinski definition) is 4. The molecule has 0 spiro atoms. The van der Waals surface area contributed by atoms with Gasteiger partial charge in [0.1, 0.15) is 0 Å². The average molecular weight is 375 g/mol. The Kier molecular flexibility index (Phi) is 4.46. The van der Waals surface area contributed by atoms with Crippen LogP contribution in [-0.2, 0) is 7.05 Å². The average Bonchev–Trinajstić information content (AvgIpc) is 2.91. The highest BCUT2D eigenvalue weighted by Crippen LogP contribution is 2.33. The molecule has 24 heavy (non-hydrogen) atoms. The second-order valence-electron chi connectivity index (χ2n) is 4.62. The Morgan fingerprint density at radius 1 is 0.958 bits per heavy atom. The van der Waals surface area contributed by atoms with E-state index in [0.717, 1.165) is 0 Å². The first-order chi connectivity index (χ1) is 11.4. The number of nitrogens with zero attached hydrogens (tertiary/aromatic N) is 4. The lowest BCUT2D eigenvalue weighted by Gasteiger charge is -2.06. The minimum atomic E-state index is -1.73. The molecule has 124 valence electrons. The summed E-state index contributed by atoms with van der Waals surface area (Å²) in [5.74, 6) is -6.23. The standard InChI is InChI=1S/C14H7ClF4N4S/c1-23-13(6-2-4-7(15)5-3-6)21-22-14(23)24-10-8(16)11(18)20-12(19)9(10)17/h2-5H,1H3. The Balaban J connectivity index is 2.00. The summed E-state index contributed by atoms with van der Waals surface area (Å²) in [6.45, 7) is 0. The Hall–Kier alpha value is -2.13. The van der Waals surface area contributed by atoms with E-state index >= 15 is 0 Å². The van der Waals surface area contributed by atoms with Crippen LogP contribution in [0.2, 0.25) is 5.02 Å². The van der Waals surface area contributed by atoms with Crippen LogP contribution in [0.25, 0.3) is 11.4 Å². The smallest absolute Gasteiger partial charge is 0.252 e. The number of hydrogen-bond donors (Lipinski definition) is 0. The summed E-state index contributed by atoms with van der Waals surface area (Å²) in [4.78, 5) is 1.63. The quantitative estimate of drug-likeness (QED) is 0.508. The molecule has 10 heteroatoms. The first-order valence-corrected chi connectivity index (χ1v) is 7.61.